The van der Waals surface area contributed by atoms with Crippen molar-refractivity contribution in [3.8, 4) is 11.5 Å². The summed E-state index contributed by atoms with van der Waals surface area (Å²) in [4.78, 5) is 16.5. The third-order valence-corrected chi connectivity index (χ3v) is 3.82. The van der Waals surface area contributed by atoms with Crippen molar-refractivity contribution in [1.82, 2.24) is 4.98 Å². The molecule has 3 aromatic rings. The van der Waals surface area contributed by atoms with Crippen LogP contribution in [0.1, 0.15) is 21.8 Å². The Hall–Kier alpha value is -2.40. The van der Waals surface area contributed by atoms with Crippen LogP contribution < -0.4 is 0 Å². The molecule has 0 fully saturated rings. The summed E-state index contributed by atoms with van der Waals surface area (Å²) < 4.78 is 11.9. The summed E-state index contributed by atoms with van der Waals surface area (Å²) in [5.41, 5.74) is 1.94. The quantitative estimate of drug-likeness (QED) is 0.619. The van der Waals surface area contributed by atoms with Crippen molar-refractivity contribution >= 4 is 21.9 Å². The van der Waals surface area contributed by atoms with Crippen LogP contribution in [0.2, 0.25) is 0 Å². The summed E-state index contributed by atoms with van der Waals surface area (Å²) in [7, 11) is 0. The Bertz CT molecular complexity index is 810. The van der Waals surface area contributed by atoms with Gasteiger partial charge in [-0.15, -0.1) is 0 Å². The first-order valence-corrected chi connectivity index (χ1v) is 7.87. The number of aromatic nitrogens is 1. The zero-order valence-electron chi connectivity index (χ0n) is 12.5. The van der Waals surface area contributed by atoms with Crippen molar-refractivity contribution in [1.29, 1.82) is 0 Å². The molecule has 2 aromatic carbocycles. The molecular weight excluding hydrogens is 358 g/mol. The fraction of sp³-hybridized carbons (Fsp3) is 0.111. The van der Waals surface area contributed by atoms with Crippen LogP contribution in [0.5, 0.6) is 0 Å². The van der Waals surface area contributed by atoms with Crippen LogP contribution in [0.3, 0.4) is 0 Å². The van der Waals surface area contributed by atoms with E-state index in [0.29, 0.717) is 11.7 Å². The molecule has 0 aliphatic carbocycles. The summed E-state index contributed by atoms with van der Waals surface area (Å²) in [6.45, 7) is 1.90. The lowest BCUT2D eigenvalue weighted by Crippen LogP contribution is -2.07. The third kappa shape index (κ3) is 3.68. The monoisotopic (exact) mass is 371 g/mol. The number of ether oxygens (including phenoxy) is 1. The van der Waals surface area contributed by atoms with E-state index in [-0.39, 0.29) is 12.3 Å². The van der Waals surface area contributed by atoms with Crippen molar-refractivity contribution < 1.29 is 13.9 Å². The van der Waals surface area contributed by atoms with Gasteiger partial charge in [-0.2, -0.15) is 0 Å². The minimum Gasteiger partial charge on any atom is -0.456 e. The molecule has 0 amide bonds. The number of esters is 1. The molecule has 0 saturated heterocycles. The van der Waals surface area contributed by atoms with E-state index in [1.54, 1.807) is 6.92 Å². The van der Waals surface area contributed by atoms with E-state index >= 15 is 0 Å². The van der Waals surface area contributed by atoms with E-state index in [1.807, 2.05) is 54.6 Å². The Labute approximate surface area is 142 Å². The second kappa shape index (κ2) is 6.79. The largest absolute Gasteiger partial charge is 0.456 e. The van der Waals surface area contributed by atoms with Gasteiger partial charge in [-0.1, -0.05) is 46.3 Å². The highest BCUT2D eigenvalue weighted by atomic mass is 79.9. The Balaban J connectivity index is 1.72. The molecule has 1 heterocycles. The Morgan fingerprint density at radius 3 is 2.52 bits per heavy atom. The highest BCUT2D eigenvalue weighted by Crippen LogP contribution is 2.22. The first kappa shape index (κ1) is 15.5. The van der Waals surface area contributed by atoms with Crippen LogP contribution in [0.15, 0.2) is 63.5 Å². The van der Waals surface area contributed by atoms with E-state index in [1.165, 1.54) is 0 Å². The molecule has 116 valence electrons. The molecule has 0 aliphatic rings. The third-order valence-electron chi connectivity index (χ3n) is 3.29. The highest BCUT2D eigenvalue weighted by molar-refractivity contribution is 9.10. The fourth-order valence-electron chi connectivity index (χ4n) is 2.09. The van der Waals surface area contributed by atoms with Crippen molar-refractivity contribution in [2.75, 3.05) is 0 Å². The van der Waals surface area contributed by atoms with Crippen molar-refractivity contribution in [3.05, 3.63) is 76.1 Å². The zero-order chi connectivity index (χ0) is 16.2. The minimum absolute atomic E-state index is 0.194. The number of halogens is 1. The molecule has 3 rings (SSSR count). The Morgan fingerprint density at radius 1 is 1.13 bits per heavy atom. The first-order valence-electron chi connectivity index (χ1n) is 7.08. The average molecular weight is 372 g/mol. The predicted molar refractivity (Wildman–Crippen MR) is 89.9 cm³/mol. The number of nitrogens with zero attached hydrogens (tertiary/aromatic N) is 1. The van der Waals surface area contributed by atoms with Crippen LogP contribution in [0.25, 0.3) is 11.5 Å². The first-order chi connectivity index (χ1) is 11.1. The topological polar surface area (TPSA) is 52.3 Å². The molecule has 0 aliphatic heterocycles. The number of oxazole rings is 1. The van der Waals surface area contributed by atoms with Crippen LogP contribution >= 0.6 is 15.9 Å². The predicted octanol–water partition coefficient (Wildman–Crippen LogP) is 4.77. The lowest BCUT2D eigenvalue weighted by atomic mass is 10.2. The molecule has 0 saturated carbocycles. The molecular formula is C18H14BrNO3. The van der Waals surface area contributed by atoms with Gasteiger partial charge in [-0.3, -0.25) is 0 Å². The van der Waals surface area contributed by atoms with Gasteiger partial charge in [-0.25, -0.2) is 9.78 Å². The van der Waals surface area contributed by atoms with Crippen LogP contribution in [0.4, 0.5) is 0 Å². The van der Waals surface area contributed by atoms with E-state index in [0.717, 1.165) is 15.6 Å². The Kier molecular flexibility index (Phi) is 4.57. The lowest BCUT2D eigenvalue weighted by molar-refractivity contribution is 0.0464. The maximum atomic E-state index is 12.2. The van der Waals surface area contributed by atoms with Gasteiger partial charge >= 0.3 is 5.97 Å². The summed E-state index contributed by atoms with van der Waals surface area (Å²) in [6, 6.07) is 17.0. The second-order valence-electron chi connectivity index (χ2n) is 4.99. The second-order valence-corrected chi connectivity index (χ2v) is 5.91. The minimum atomic E-state index is -0.489. The molecule has 1 aromatic heterocycles. The molecule has 0 radical (unpaired) electrons. The molecule has 0 atom stereocenters. The number of aryl methyl sites for hydroxylation is 1. The summed E-state index contributed by atoms with van der Waals surface area (Å²) >= 11 is 3.37. The van der Waals surface area contributed by atoms with Gasteiger partial charge in [0.1, 0.15) is 12.4 Å². The highest BCUT2D eigenvalue weighted by Gasteiger charge is 2.19. The van der Waals surface area contributed by atoms with Crippen LogP contribution in [-0.4, -0.2) is 11.0 Å². The van der Waals surface area contributed by atoms with Gasteiger partial charge in [0, 0.05) is 10.0 Å². The number of hydrogen-bond donors (Lipinski definition) is 0. The summed E-state index contributed by atoms with van der Waals surface area (Å²) in [5, 5.41) is 0. The molecule has 4 nitrogen and oxygen atoms in total. The molecule has 0 unspecified atom stereocenters. The van der Waals surface area contributed by atoms with Crippen LogP contribution in [-0.2, 0) is 11.3 Å². The normalized spacial score (nSPS) is 10.5. The number of hydrogen-bond acceptors (Lipinski definition) is 4. The van der Waals surface area contributed by atoms with Gasteiger partial charge in [-0.05, 0) is 36.8 Å². The summed E-state index contributed by atoms with van der Waals surface area (Å²) in [6.07, 6.45) is 0. The smallest absolute Gasteiger partial charge is 0.360 e. The number of rotatable bonds is 4. The maximum Gasteiger partial charge on any atom is 0.360 e. The zero-order valence-corrected chi connectivity index (χ0v) is 14.0. The SMILES string of the molecule is Cc1oc(-c2ccccc2)nc1C(=O)OCc1ccc(Br)cc1. The van der Waals surface area contributed by atoms with Gasteiger partial charge in [0.05, 0.1) is 0 Å². The Morgan fingerprint density at radius 2 is 1.83 bits per heavy atom. The molecule has 23 heavy (non-hydrogen) atoms. The molecule has 0 spiro atoms. The van der Waals surface area contributed by atoms with Gasteiger partial charge in [0.25, 0.3) is 0 Å². The molecule has 0 N–H and O–H groups in total. The molecule has 0 bridgehead atoms. The maximum absolute atomic E-state index is 12.2. The summed E-state index contributed by atoms with van der Waals surface area (Å²) in [5.74, 6) is 0.375. The van der Waals surface area contributed by atoms with Gasteiger partial charge in [0.2, 0.25) is 5.89 Å². The standard InChI is InChI=1S/C18H14BrNO3/c1-12-16(20-17(23-12)14-5-3-2-4-6-14)18(21)22-11-13-7-9-15(19)10-8-13/h2-10H,11H2,1H3. The fourth-order valence-corrected chi connectivity index (χ4v) is 2.35. The number of carbonyl (C=O) groups excluding carboxylic acids is 1. The molecule has 5 heteroatoms. The van der Waals surface area contributed by atoms with E-state index < -0.39 is 5.97 Å². The number of carbonyl (C=O) groups is 1. The van der Waals surface area contributed by atoms with Crippen molar-refractivity contribution in [2.24, 2.45) is 0 Å². The van der Waals surface area contributed by atoms with E-state index in [2.05, 4.69) is 20.9 Å². The van der Waals surface area contributed by atoms with E-state index in [4.69, 9.17) is 9.15 Å². The van der Waals surface area contributed by atoms with Gasteiger partial charge < -0.3 is 9.15 Å². The van der Waals surface area contributed by atoms with Crippen LogP contribution in [0, 0.1) is 6.92 Å². The van der Waals surface area contributed by atoms with Gasteiger partial charge in [0.15, 0.2) is 5.69 Å². The van der Waals surface area contributed by atoms with Crippen molar-refractivity contribution in [2.45, 2.75) is 13.5 Å². The van der Waals surface area contributed by atoms with E-state index in [9.17, 15) is 4.79 Å². The van der Waals surface area contributed by atoms with Crippen molar-refractivity contribution in [3.63, 3.8) is 0 Å². The number of benzene rings is 2. The average Bonchev–Trinajstić information content (AvgIpc) is 2.97. The lowest BCUT2D eigenvalue weighted by Gasteiger charge is -2.03.